The minimum absolute atomic E-state index is 0.253. The summed E-state index contributed by atoms with van der Waals surface area (Å²) in [7, 11) is 0. The van der Waals surface area contributed by atoms with Crippen molar-refractivity contribution in [2.45, 2.75) is 32.6 Å². The van der Waals surface area contributed by atoms with Gasteiger partial charge in [-0.1, -0.05) is 17.7 Å². The summed E-state index contributed by atoms with van der Waals surface area (Å²) in [4.78, 5) is 27.9. The van der Waals surface area contributed by atoms with Crippen molar-refractivity contribution in [2.24, 2.45) is 5.41 Å². The van der Waals surface area contributed by atoms with Gasteiger partial charge >= 0.3 is 0 Å². The fourth-order valence-electron chi connectivity index (χ4n) is 3.59. The Labute approximate surface area is 170 Å². The number of amides is 2. The van der Waals surface area contributed by atoms with Gasteiger partial charge in [0.25, 0.3) is 0 Å². The Hall–Kier alpha value is -2.53. The van der Waals surface area contributed by atoms with Crippen LogP contribution in [0.25, 0.3) is 0 Å². The number of aryl methyl sites for hydroxylation is 1. The maximum Gasteiger partial charge on any atom is 0.240 e. The van der Waals surface area contributed by atoms with Crippen molar-refractivity contribution in [3.63, 3.8) is 0 Å². The second-order valence-corrected chi connectivity index (χ2v) is 8.10. The van der Waals surface area contributed by atoms with Crippen LogP contribution >= 0.6 is 11.6 Å². The molecule has 2 aromatic carbocycles. The lowest BCUT2D eigenvalue weighted by atomic mass is 10.0. The van der Waals surface area contributed by atoms with Crippen molar-refractivity contribution in [3.05, 3.63) is 53.1 Å². The Bertz CT molecular complexity index is 900. The van der Waals surface area contributed by atoms with Crippen LogP contribution in [0.3, 0.4) is 0 Å². The van der Waals surface area contributed by atoms with E-state index in [1.165, 1.54) is 18.5 Å². The van der Waals surface area contributed by atoms with Crippen LogP contribution in [0, 0.1) is 12.3 Å². The molecule has 28 heavy (non-hydrogen) atoms. The third kappa shape index (κ3) is 3.72. The van der Waals surface area contributed by atoms with E-state index >= 15 is 0 Å². The monoisotopic (exact) mass is 397 g/mol. The van der Waals surface area contributed by atoms with Crippen LogP contribution in [-0.2, 0) is 9.59 Å². The molecule has 6 heteroatoms. The van der Waals surface area contributed by atoms with E-state index in [9.17, 15) is 9.59 Å². The maximum absolute atomic E-state index is 12.8. The minimum Gasteiger partial charge on any atom is -0.372 e. The molecular formula is C22H24ClN3O2. The predicted molar refractivity (Wildman–Crippen MR) is 113 cm³/mol. The molecule has 146 valence electrons. The molecule has 1 heterocycles. The Morgan fingerprint density at radius 3 is 2.07 bits per heavy atom. The van der Waals surface area contributed by atoms with Gasteiger partial charge in [0.05, 0.1) is 0 Å². The standard InChI is InChI=1S/C22H24ClN3O2/c1-15-4-5-17(14-19(15)23)25-21(28)22(10-11-22)20(27)24-16-6-8-18(9-7-16)26-12-2-3-13-26/h4-9,14H,2-3,10-13H2,1H3,(H,24,27)(H,25,28). The molecule has 2 amide bonds. The van der Waals surface area contributed by atoms with Crippen molar-refractivity contribution in [2.75, 3.05) is 28.6 Å². The fraction of sp³-hybridized carbons (Fsp3) is 0.364. The lowest BCUT2D eigenvalue weighted by Crippen LogP contribution is -2.35. The van der Waals surface area contributed by atoms with E-state index in [0.717, 1.165) is 18.7 Å². The van der Waals surface area contributed by atoms with E-state index < -0.39 is 5.41 Å². The molecule has 4 rings (SSSR count). The largest absolute Gasteiger partial charge is 0.372 e. The normalized spacial score (nSPS) is 17.3. The quantitative estimate of drug-likeness (QED) is 0.724. The van der Waals surface area contributed by atoms with Crippen LogP contribution in [0.4, 0.5) is 17.1 Å². The average Bonchev–Trinajstić information content (AvgIpc) is 3.33. The Balaban J connectivity index is 1.40. The number of nitrogens with zero attached hydrogens (tertiary/aromatic N) is 1. The number of carbonyl (C=O) groups excluding carboxylic acids is 2. The highest BCUT2D eigenvalue weighted by molar-refractivity contribution is 6.31. The summed E-state index contributed by atoms with van der Waals surface area (Å²) < 4.78 is 0. The molecule has 2 aromatic rings. The first kappa shape index (κ1) is 18.8. The summed E-state index contributed by atoms with van der Waals surface area (Å²) in [6, 6.07) is 13.2. The summed E-state index contributed by atoms with van der Waals surface area (Å²) in [5.41, 5.74) is 2.44. The number of hydrogen-bond acceptors (Lipinski definition) is 3. The molecule has 1 aliphatic carbocycles. The summed E-state index contributed by atoms with van der Waals surface area (Å²) in [6.45, 7) is 4.06. The van der Waals surface area contributed by atoms with Gasteiger partial charge in [0.15, 0.2) is 0 Å². The number of nitrogens with one attached hydrogen (secondary N) is 2. The number of carbonyl (C=O) groups is 2. The summed E-state index contributed by atoms with van der Waals surface area (Å²) in [5.74, 6) is -0.532. The molecule has 5 nitrogen and oxygen atoms in total. The minimum atomic E-state index is -0.995. The number of anilines is 3. The van der Waals surface area contributed by atoms with Gasteiger partial charge in [0.1, 0.15) is 5.41 Å². The molecule has 0 spiro atoms. The third-order valence-corrected chi connectivity index (χ3v) is 6.05. The van der Waals surface area contributed by atoms with Crippen molar-refractivity contribution < 1.29 is 9.59 Å². The van der Waals surface area contributed by atoms with E-state index in [4.69, 9.17) is 11.6 Å². The van der Waals surface area contributed by atoms with Gasteiger partial charge in [0.2, 0.25) is 11.8 Å². The summed E-state index contributed by atoms with van der Waals surface area (Å²) in [5, 5.41) is 6.33. The van der Waals surface area contributed by atoms with E-state index in [0.29, 0.717) is 29.2 Å². The number of hydrogen-bond donors (Lipinski definition) is 2. The number of rotatable bonds is 5. The average molecular weight is 398 g/mol. The van der Waals surface area contributed by atoms with Gasteiger partial charge in [-0.05, 0) is 74.6 Å². The first-order valence-corrected chi connectivity index (χ1v) is 10.1. The maximum atomic E-state index is 12.8. The zero-order valence-electron chi connectivity index (χ0n) is 15.9. The highest BCUT2D eigenvalue weighted by Crippen LogP contribution is 2.47. The molecule has 0 unspecified atom stereocenters. The van der Waals surface area contributed by atoms with Crippen molar-refractivity contribution in [1.29, 1.82) is 0 Å². The molecule has 1 aliphatic heterocycles. The Kier molecular flexibility index (Phi) is 5.02. The van der Waals surface area contributed by atoms with Crippen LogP contribution in [-0.4, -0.2) is 24.9 Å². The molecule has 1 saturated heterocycles. The van der Waals surface area contributed by atoms with Gasteiger partial charge in [-0.3, -0.25) is 9.59 Å². The molecule has 1 saturated carbocycles. The van der Waals surface area contributed by atoms with Crippen molar-refractivity contribution >= 4 is 40.5 Å². The molecule has 0 radical (unpaired) electrons. The summed E-state index contributed by atoms with van der Waals surface area (Å²) >= 11 is 6.12. The molecule has 0 atom stereocenters. The van der Waals surface area contributed by atoms with E-state index in [1.807, 2.05) is 37.3 Å². The van der Waals surface area contributed by atoms with Gasteiger partial charge in [0, 0.05) is 35.2 Å². The van der Waals surface area contributed by atoms with Crippen LogP contribution < -0.4 is 15.5 Å². The second kappa shape index (κ2) is 7.47. The molecule has 2 fully saturated rings. The fourth-order valence-corrected chi connectivity index (χ4v) is 3.77. The molecule has 0 bridgehead atoms. The smallest absolute Gasteiger partial charge is 0.240 e. The number of benzene rings is 2. The zero-order valence-corrected chi connectivity index (χ0v) is 16.7. The van der Waals surface area contributed by atoms with Crippen LogP contribution in [0.1, 0.15) is 31.2 Å². The van der Waals surface area contributed by atoms with E-state index in [-0.39, 0.29) is 11.8 Å². The van der Waals surface area contributed by atoms with Crippen molar-refractivity contribution in [3.8, 4) is 0 Å². The highest BCUT2D eigenvalue weighted by Gasteiger charge is 2.56. The van der Waals surface area contributed by atoms with Gasteiger partial charge in [-0.15, -0.1) is 0 Å². The van der Waals surface area contributed by atoms with Gasteiger partial charge in [-0.2, -0.15) is 0 Å². The van der Waals surface area contributed by atoms with E-state index in [2.05, 4.69) is 15.5 Å². The molecular weight excluding hydrogens is 374 g/mol. The predicted octanol–water partition coefficient (Wildman–Crippen LogP) is 4.61. The SMILES string of the molecule is Cc1ccc(NC(=O)C2(C(=O)Nc3ccc(N4CCCC4)cc3)CC2)cc1Cl. The zero-order chi connectivity index (χ0) is 19.7. The lowest BCUT2D eigenvalue weighted by molar-refractivity contribution is -0.131. The number of halogens is 1. The van der Waals surface area contributed by atoms with E-state index in [1.54, 1.807) is 12.1 Å². The first-order chi connectivity index (χ1) is 13.5. The molecule has 2 N–H and O–H groups in total. The molecule has 0 aromatic heterocycles. The Morgan fingerprint density at radius 2 is 1.50 bits per heavy atom. The Morgan fingerprint density at radius 1 is 0.929 bits per heavy atom. The second-order valence-electron chi connectivity index (χ2n) is 7.70. The van der Waals surface area contributed by atoms with Crippen LogP contribution in [0.5, 0.6) is 0 Å². The van der Waals surface area contributed by atoms with Crippen molar-refractivity contribution in [1.82, 2.24) is 0 Å². The molecule has 2 aliphatic rings. The lowest BCUT2D eigenvalue weighted by Gasteiger charge is -2.19. The highest BCUT2D eigenvalue weighted by atomic mass is 35.5. The van der Waals surface area contributed by atoms with Crippen LogP contribution in [0.2, 0.25) is 5.02 Å². The topological polar surface area (TPSA) is 61.4 Å². The van der Waals surface area contributed by atoms with Gasteiger partial charge in [-0.25, -0.2) is 0 Å². The third-order valence-electron chi connectivity index (χ3n) is 5.65. The van der Waals surface area contributed by atoms with Gasteiger partial charge < -0.3 is 15.5 Å². The summed E-state index contributed by atoms with van der Waals surface area (Å²) in [6.07, 6.45) is 3.55. The first-order valence-electron chi connectivity index (χ1n) is 9.72. The van der Waals surface area contributed by atoms with Crippen LogP contribution in [0.15, 0.2) is 42.5 Å².